The van der Waals surface area contributed by atoms with E-state index in [0.29, 0.717) is 6.10 Å². The topological polar surface area (TPSA) is 21.3 Å². The lowest BCUT2D eigenvalue weighted by Crippen LogP contribution is -2.23. The third kappa shape index (κ3) is 2.90. The molecule has 0 aliphatic carbocycles. The van der Waals surface area contributed by atoms with E-state index in [1.54, 1.807) is 12.1 Å². The lowest BCUT2D eigenvalue weighted by atomic mass is 9.92. The molecule has 0 spiro atoms. The van der Waals surface area contributed by atoms with Crippen molar-refractivity contribution in [1.29, 1.82) is 0 Å². The third-order valence-electron chi connectivity index (χ3n) is 3.78. The molecule has 1 fully saturated rings. The number of hydrogen-bond acceptors (Lipinski definition) is 2. The molecular weight excluding hydrogens is 229 g/mol. The standard InChI is InChI=1S/C15H22FNO/c1-10-7-12(16)8-11(2)15(10)14(17-3)9-13-5-4-6-18-13/h7-8,13-14,17H,4-6,9H2,1-3H3. The fourth-order valence-corrected chi connectivity index (χ4v) is 2.94. The van der Waals surface area contributed by atoms with Gasteiger partial charge in [0.25, 0.3) is 0 Å². The van der Waals surface area contributed by atoms with Crippen molar-refractivity contribution in [3.63, 3.8) is 0 Å². The van der Waals surface area contributed by atoms with Gasteiger partial charge in [0.1, 0.15) is 5.82 Å². The zero-order valence-corrected chi connectivity index (χ0v) is 11.4. The number of nitrogens with one attached hydrogen (secondary N) is 1. The van der Waals surface area contributed by atoms with Crippen molar-refractivity contribution >= 4 is 0 Å². The average molecular weight is 251 g/mol. The van der Waals surface area contributed by atoms with Gasteiger partial charge in [0.15, 0.2) is 0 Å². The van der Waals surface area contributed by atoms with Crippen LogP contribution in [0.2, 0.25) is 0 Å². The summed E-state index contributed by atoms with van der Waals surface area (Å²) in [5, 5.41) is 3.34. The molecule has 0 radical (unpaired) electrons. The van der Waals surface area contributed by atoms with E-state index in [9.17, 15) is 4.39 Å². The van der Waals surface area contributed by atoms with Crippen molar-refractivity contribution < 1.29 is 9.13 Å². The normalized spacial score (nSPS) is 21.2. The van der Waals surface area contributed by atoms with Gasteiger partial charge < -0.3 is 10.1 Å². The lowest BCUT2D eigenvalue weighted by Gasteiger charge is -2.24. The van der Waals surface area contributed by atoms with Crippen molar-refractivity contribution in [3.8, 4) is 0 Å². The number of ether oxygens (including phenoxy) is 1. The Hall–Kier alpha value is -0.930. The Morgan fingerprint density at radius 1 is 1.39 bits per heavy atom. The molecule has 0 saturated carbocycles. The van der Waals surface area contributed by atoms with Gasteiger partial charge in [-0.3, -0.25) is 0 Å². The van der Waals surface area contributed by atoms with E-state index in [4.69, 9.17) is 4.74 Å². The summed E-state index contributed by atoms with van der Waals surface area (Å²) in [6.45, 7) is 4.83. The summed E-state index contributed by atoms with van der Waals surface area (Å²) in [7, 11) is 1.96. The Balaban J connectivity index is 2.21. The quantitative estimate of drug-likeness (QED) is 0.886. The predicted molar refractivity (Wildman–Crippen MR) is 71.3 cm³/mol. The highest BCUT2D eigenvalue weighted by Gasteiger charge is 2.23. The molecule has 0 aromatic heterocycles. The van der Waals surface area contributed by atoms with E-state index >= 15 is 0 Å². The first kappa shape index (κ1) is 13.5. The molecule has 0 amide bonds. The summed E-state index contributed by atoms with van der Waals surface area (Å²) in [5.41, 5.74) is 3.25. The zero-order valence-electron chi connectivity index (χ0n) is 11.4. The third-order valence-corrected chi connectivity index (χ3v) is 3.78. The van der Waals surface area contributed by atoms with E-state index < -0.39 is 0 Å². The Morgan fingerprint density at radius 2 is 2.06 bits per heavy atom. The molecule has 1 heterocycles. The highest BCUT2D eigenvalue weighted by atomic mass is 19.1. The summed E-state index contributed by atoms with van der Waals surface area (Å²) in [4.78, 5) is 0. The second-order valence-corrected chi connectivity index (χ2v) is 5.17. The van der Waals surface area contributed by atoms with Crippen LogP contribution in [0.5, 0.6) is 0 Å². The van der Waals surface area contributed by atoms with Crippen LogP contribution < -0.4 is 5.32 Å². The summed E-state index contributed by atoms with van der Waals surface area (Å²) in [5.74, 6) is -0.152. The second kappa shape index (κ2) is 5.81. The molecular formula is C15H22FNO. The first-order valence-electron chi connectivity index (χ1n) is 6.67. The van der Waals surface area contributed by atoms with Crippen LogP contribution in [0.3, 0.4) is 0 Å². The second-order valence-electron chi connectivity index (χ2n) is 5.17. The monoisotopic (exact) mass is 251 g/mol. The maximum atomic E-state index is 13.3. The number of aryl methyl sites for hydroxylation is 2. The molecule has 2 rings (SSSR count). The van der Waals surface area contributed by atoms with Crippen LogP contribution in [-0.4, -0.2) is 19.8 Å². The minimum atomic E-state index is -0.152. The van der Waals surface area contributed by atoms with Crippen molar-refractivity contribution in [3.05, 3.63) is 34.6 Å². The number of halogens is 1. The molecule has 18 heavy (non-hydrogen) atoms. The van der Waals surface area contributed by atoms with Crippen LogP contribution in [0.4, 0.5) is 4.39 Å². The Kier molecular flexibility index (Phi) is 4.36. The summed E-state index contributed by atoms with van der Waals surface area (Å²) in [6, 6.07) is 3.47. The SMILES string of the molecule is CNC(CC1CCCO1)c1c(C)cc(F)cc1C. The van der Waals surface area contributed by atoms with E-state index in [0.717, 1.165) is 37.0 Å². The minimum Gasteiger partial charge on any atom is -0.378 e. The van der Waals surface area contributed by atoms with Gasteiger partial charge in [-0.25, -0.2) is 4.39 Å². The molecule has 1 N–H and O–H groups in total. The number of benzene rings is 1. The highest BCUT2D eigenvalue weighted by Crippen LogP contribution is 2.29. The van der Waals surface area contributed by atoms with Gasteiger partial charge in [0.2, 0.25) is 0 Å². The minimum absolute atomic E-state index is 0.152. The first-order chi connectivity index (χ1) is 8.61. The summed E-state index contributed by atoms with van der Waals surface area (Å²) < 4.78 is 19.0. The molecule has 1 aliphatic rings. The molecule has 1 saturated heterocycles. The highest BCUT2D eigenvalue weighted by molar-refractivity contribution is 5.37. The van der Waals surface area contributed by atoms with Gasteiger partial charge in [-0.05, 0) is 69.0 Å². The van der Waals surface area contributed by atoms with E-state index in [1.807, 2.05) is 20.9 Å². The fraction of sp³-hybridized carbons (Fsp3) is 0.600. The van der Waals surface area contributed by atoms with Gasteiger partial charge in [0.05, 0.1) is 6.10 Å². The van der Waals surface area contributed by atoms with Crippen LogP contribution >= 0.6 is 0 Å². The van der Waals surface area contributed by atoms with Crippen molar-refractivity contribution in [2.24, 2.45) is 0 Å². The number of hydrogen-bond donors (Lipinski definition) is 1. The molecule has 2 nitrogen and oxygen atoms in total. The van der Waals surface area contributed by atoms with Crippen LogP contribution in [-0.2, 0) is 4.74 Å². The van der Waals surface area contributed by atoms with Crippen molar-refractivity contribution in [1.82, 2.24) is 5.32 Å². The van der Waals surface area contributed by atoms with E-state index in [1.165, 1.54) is 5.56 Å². The average Bonchev–Trinajstić information content (AvgIpc) is 2.79. The van der Waals surface area contributed by atoms with Gasteiger partial charge in [0, 0.05) is 12.6 Å². The van der Waals surface area contributed by atoms with Crippen LogP contribution in [0.1, 0.15) is 42.0 Å². The van der Waals surface area contributed by atoms with E-state index in [-0.39, 0.29) is 11.9 Å². The molecule has 1 aliphatic heterocycles. The van der Waals surface area contributed by atoms with Crippen molar-refractivity contribution in [2.75, 3.05) is 13.7 Å². The van der Waals surface area contributed by atoms with Crippen molar-refractivity contribution in [2.45, 2.75) is 45.3 Å². The predicted octanol–water partition coefficient (Wildman–Crippen LogP) is 3.27. The lowest BCUT2D eigenvalue weighted by molar-refractivity contribution is 0.0953. The van der Waals surface area contributed by atoms with E-state index in [2.05, 4.69) is 5.32 Å². The Labute approximate surface area is 109 Å². The molecule has 2 unspecified atom stereocenters. The molecule has 1 aromatic rings. The molecule has 3 heteroatoms. The van der Waals surface area contributed by atoms with Gasteiger partial charge in [-0.2, -0.15) is 0 Å². The van der Waals surface area contributed by atoms with Gasteiger partial charge in [-0.15, -0.1) is 0 Å². The Bertz CT molecular complexity index is 390. The fourth-order valence-electron chi connectivity index (χ4n) is 2.94. The molecule has 0 bridgehead atoms. The zero-order chi connectivity index (χ0) is 13.1. The van der Waals surface area contributed by atoms with Gasteiger partial charge >= 0.3 is 0 Å². The summed E-state index contributed by atoms with van der Waals surface area (Å²) in [6.07, 6.45) is 3.59. The maximum absolute atomic E-state index is 13.3. The Morgan fingerprint density at radius 3 is 2.56 bits per heavy atom. The smallest absolute Gasteiger partial charge is 0.123 e. The molecule has 100 valence electrons. The summed E-state index contributed by atoms with van der Waals surface area (Å²) >= 11 is 0. The van der Waals surface area contributed by atoms with Crippen LogP contribution in [0.15, 0.2) is 12.1 Å². The van der Waals surface area contributed by atoms with Crippen LogP contribution in [0, 0.1) is 19.7 Å². The van der Waals surface area contributed by atoms with Crippen LogP contribution in [0.25, 0.3) is 0 Å². The van der Waals surface area contributed by atoms with Gasteiger partial charge in [-0.1, -0.05) is 0 Å². The maximum Gasteiger partial charge on any atom is 0.123 e. The largest absolute Gasteiger partial charge is 0.378 e. The molecule has 1 aromatic carbocycles. The molecule has 2 atom stereocenters. The first-order valence-corrected chi connectivity index (χ1v) is 6.67. The number of rotatable bonds is 4.